The molecule has 1 aromatic carbocycles. The van der Waals surface area contributed by atoms with E-state index in [9.17, 15) is 13.2 Å². The Bertz CT molecular complexity index is 1740. The molecule has 8 nitrogen and oxygen atoms in total. The Hall–Kier alpha value is -4.11. The predicted octanol–water partition coefficient (Wildman–Crippen LogP) is 2.71. The van der Waals surface area contributed by atoms with E-state index in [-0.39, 0.29) is 32.9 Å². The fraction of sp³-hybridized carbons (Fsp3) is 0.0833. The Morgan fingerprint density at radius 1 is 1.00 bits per heavy atom. The van der Waals surface area contributed by atoms with E-state index in [4.69, 9.17) is 5.41 Å². The third kappa shape index (κ3) is 3.52. The van der Waals surface area contributed by atoms with Crippen molar-refractivity contribution in [3.8, 4) is 0 Å². The number of sulfone groups is 1. The second-order valence-electron chi connectivity index (χ2n) is 7.70. The first-order chi connectivity index (χ1) is 15.9. The van der Waals surface area contributed by atoms with Crippen molar-refractivity contribution in [2.24, 2.45) is 0 Å². The van der Waals surface area contributed by atoms with Crippen molar-refractivity contribution >= 4 is 26.5 Å². The first-order valence-corrected chi connectivity index (χ1v) is 11.6. The zero-order valence-corrected chi connectivity index (χ0v) is 18.5. The SMILES string of the molecule is Cc1ccc(S(=O)(=O)c2cc3c(=O)n4ccccc4nc3n(Cc3ccncc3)c2=N)cc1. The number of nitrogens with zero attached hydrogens (tertiary/aromatic N) is 4. The fourth-order valence-electron chi connectivity index (χ4n) is 3.74. The Morgan fingerprint density at radius 3 is 2.45 bits per heavy atom. The molecular formula is C24H19N5O3S. The normalized spacial score (nSPS) is 11.8. The molecule has 9 heteroatoms. The number of hydrogen-bond acceptors (Lipinski definition) is 6. The molecule has 1 N–H and O–H groups in total. The molecule has 0 spiro atoms. The van der Waals surface area contributed by atoms with Crippen LogP contribution < -0.4 is 11.0 Å². The van der Waals surface area contributed by atoms with Crippen LogP contribution in [-0.4, -0.2) is 27.4 Å². The van der Waals surface area contributed by atoms with Gasteiger partial charge in [-0.3, -0.25) is 19.6 Å². The van der Waals surface area contributed by atoms with E-state index in [2.05, 4.69) is 9.97 Å². The van der Waals surface area contributed by atoms with Gasteiger partial charge in [-0.15, -0.1) is 0 Å². The summed E-state index contributed by atoms with van der Waals surface area (Å²) in [6.45, 7) is 2.02. The zero-order chi connectivity index (χ0) is 23.2. The first-order valence-electron chi connectivity index (χ1n) is 10.2. The van der Waals surface area contributed by atoms with Gasteiger partial charge in [-0.05, 0) is 55.0 Å². The number of pyridine rings is 3. The Balaban J connectivity index is 1.88. The van der Waals surface area contributed by atoms with E-state index < -0.39 is 15.4 Å². The Labute approximate surface area is 188 Å². The molecule has 4 aromatic heterocycles. The van der Waals surface area contributed by atoms with Gasteiger partial charge in [0.25, 0.3) is 5.56 Å². The van der Waals surface area contributed by atoms with Crippen molar-refractivity contribution in [1.29, 1.82) is 5.41 Å². The molecule has 5 aromatic rings. The van der Waals surface area contributed by atoms with Crippen molar-refractivity contribution in [3.05, 3.63) is 106 Å². The summed E-state index contributed by atoms with van der Waals surface area (Å²) in [7, 11) is -4.06. The lowest BCUT2D eigenvalue weighted by molar-refractivity contribution is 0.591. The summed E-state index contributed by atoms with van der Waals surface area (Å²) in [4.78, 5) is 21.7. The number of aromatic nitrogens is 4. The molecule has 0 aliphatic carbocycles. The Morgan fingerprint density at radius 2 is 1.73 bits per heavy atom. The fourth-order valence-corrected chi connectivity index (χ4v) is 5.12. The lowest BCUT2D eigenvalue weighted by atomic mass is 10.2. The minimum absolute atomic E-state index is 0.0604. The maximum absolute atomic E-state index is 13.5. The molecule has 0 bridgehead atoms. The third-order valence-corrected chi connectivity index (χ3v) is 7.28. The number of aryl methyl sites for hydroxylation is 1. The van der Waals surface area contributed by atoms with Crippen molar-refractivity contribution < 1.29 is 8.42 Å². The molecule has 0 saturated carbocycles. The molecule has 0 atom stereocenters. The smallest absolute Gasteiger partial charge is 0.267 e. The number of nitrogens with one attached hydrogen (secondary N) is 1. The van der Waals surface area contributed by atoms with Crippen LogP contribution in [0.5, 0.6) is 0 Å². The Kier molecular flexibility index (Phi) is 4.90. The van der Waals surface area contributed by atoms with Crippen LogP contribution in [0.25, 0.3) is 16.7 Å². The summed E-state index contributed by atoms with van der Waals surface area (Å²) in [5, 5.41) is 8.94. The second kappa shape index (κ2) is 7.79. The minimum Gasteiger partial charge on any atom is -0.305 e. The molecule has 0 amide bonds. The number of benzene rings is 1. The molecule has 0 saturated heterocycles. The van der Waals surface area contributed by atoms with Gasteiger partial charge in [0, 0.05) is 18.6 Å². The van der Waals surface area contributed by atoms with Gasteiger partial charge in [-0.1, -0.05) is 23.8 Å². The molecule has 4 heterocycles. The summed E-state index contributed by atoms with van der Waals surface area (Å²) in [5.74, 6) is 0. The lowest BCUT2D eigenvalue weighted by Crippen LogP contribution is -2.30. The lowest BCUT2D eigenvalue weighted by Gasteiger charge is -2.15. The number of hydrogen-bond donors (Lipinski definition) is 1. The van der Waals surface area contributed by atoms with Crippen LogP contribution in [0.1, 0.15) is 11.1 Å². The quantitative estimate of drug-likeness (QED) is 0.417. The molecule has 0 aliphatic rings. The van der Waals surface area contributed by atoms with Crippen LogP contribution in [-0.2, 0) is 16.4 Å². The van der Waals surface area contributed by atoms with Gasteiger partial charge in [0.2, 0.25) is 9.84 Å². The maximum atomic E-state index is 13.5. The highest BCUT2D eigenvalue weighted by atomic mass is 32.2. The van der Waals surface area contributed by atoms with E-state index in [1.54, 1.807) is 61.1 Å². The monoisotopic (exact) mass is 457 g/mol. The average Bonchev–Trinajstić information content (AvgIpc) is 2.82. The molecule has 0 fully saturated rings. The van der Waals surface area contributed by atoms with E-state index in [1.165, 1.54) is 27.2 Å². The average molecular weight is 458 g/mol. The standard InChI is InChI=1S/C24H19N5O3S/c1-16-5-7-18(8-6-16)33(31,32)20-14-19-23(27-21-4-2-3-13-28(21)24(19)30)29(22(20)25)15-17-9-11-26-12-10-17/h2-14,25H,15H2,1H3. The van der Waals surface area contributed by atoms with Crippen LogP contribution in [0.4, 0.5) is 0 Å². The number of fused-ring (bicyclic) bond motifs is 2. The van der Waals surface area contributed by atoms with Crippen molar-refractivity contribution in [3.63, 3.8) is 0 Å². The highest BCUT2D eigenvalue weighted by Gasteiger charge is 2.24. The van der Waals surface area contributed by atoms with E-state index in [0.717, 1.165) is 11.1 Å². The summed E-state index contributed by atoms with van der Waals surface area (Å²) >= 11 is 0. The number of rotatable bonds is 4. The van der Waals surface area contributed by atoms with Gasteiger partial charge in [0.15, 0.2) is 0 Å². The van der Waals surface area contributed by atoms with E-state index >= 15 is 0 Å². The van der Waals surface area contributed by atoms with E-state index in [1.807, 2.05) is 6.92 Å². The largest absolute Gasteiger partial charge is 0.305 e. The third-order valence-electron chi connectivity index (χ3n) is 5.49. The van der Waals surface area contributed by atoms with Gasteiger partial charge in [-0.2, -0.15) is 0 Å². The van der Waals surface area contributed by atoms with Gasteiger partial charge >= 0.3 is 0 Å². The minimum atomic E-state index is -4.06. The summed E-state index contributed by atoms with van der Waals surface area (Å²) in [6, 6.07) is 16.4. The highest BCUT2D eigenvalue weighted by Crippen LogP contribution is 2.21. The predicted molar refractivity (Wildman–Crippen MR) is 123 cm³/mol. The maximum Gasteiger partial charge on any atom is 0.267 e. The van der Waals surface area contributed by atoms with Crippen molar-refractivity contribution in [1.82, 2.24) is 18.9 Å². The van der Waals surface area contributed by atoms with E-state index in [0.29, 0.717) is 5.65 Å². The van der Waals surface area contributed by atoms with Crippen LogP contribution in [0.15, 0.2) is 93.8 Å². The molecule has 164 valence electrons. The van der Waals surface area contributed by atoms with Crippen LogP contribution in [0.3, 0.4) is 0 Å². The second-order valence-corrected chi connectivity index (χ2v) is 9.62. The van der Waals surface area contributed by atoms with Crippen molar-refractivity contribution in [2.45, 2.75) is 23.3 Å². The topological polar surface area (TPSA) is 110 Å². The van der Waals surface area contributed by atoms with Crippen LogP contribution in [0.2, 0.25) is 0 Å². The first kappa shape index (κ1) is 20.8. The molecule has 5 rings (SSSR count). The van der Waals surface area contributed by atoms with Gasteiger partial charge in [-0.25, -0.2) is 13.4 Å². The van der Waals surface area contributed by atoms with Crippen LogP contribution >= 0.6 is 0 Å². The van der Waals surface area contributed by atoms with Gasteiger partial charge in [0.05, 0.1) is 16.8 Å². The van der Waals surface area contributed by atoms with Gasteiger partial charge < -0.3 is 4.57 Å². The molecule has 0 radical (unpaired) electrons. The molecule has 33 heavy (non-hydrogen) atoms. The zero-order valence-electron chi connectivity index (χ0n) is 17.6. The van der Waals surface area contributed by atoms with Crippen LogP contribution in [0, 0.1) is 12.3 Å². The highest BCUT2D eigenvalue weighted by molar-refractivity contribution is 7.91. The molecule has 0 aliphatic heterocycles. The van der Waals surface area contributed by atoms with Crippen molar-refractivity contribution in [2.75, 3.05) is 0 Å². The summed E-state index contributed by atoms with van der Waals surface area (Å²) in [6.07, 6.45) is 4.82. The van der Waals surface area contributed by atoms with Gasteiger partial charge in [0.1, 0.15) is 21.7 Å². The summed E-state index contributed by atoms with van der Waals surface area (Å²) in [5.41, 5.74) is 1.72. The molecule has 0 unspecified atom stereocenters. The molecular weight excluding hydrogens is 438 g/mol. The summed E-state index contributed by atoms with van der Waals surface area (Å²) < 4.78 is 29.9.